The summed E-state index contributed by atoms with van der Waals surface area (Å²) in [7, 11) is 0. The lowest BCUT2D eigenvalue weighted by atomic mass is 9.98. The molecular weight excluding hydrogens is 274 g/mol. The number of aliphatic hydroxyl groups is 2. The number of rotatable bonds is 4. The van der Waals surface area contributed by atoms with Gasteiger partial charge in [-0.05, 0) is 12.1 Å². The molecule has 0 aliphatic heterocycles. The minimum absolute atomic E-state index is 0.0272. The molecule has 3 aromatic rings. The third-order valence-corrected chi connectivity index (χ3v) is 3.49. The quantitative estimate of drug-likeness (QED) is 0.568. The Labute approximate surface area is 119 Å². The SMILES string of the molecule is O=[N+]([O-])c1ccc2oc3ccccc3c2c1C(O)CCO. The summed E-state index contributed by atoms with van der Waals surface area (Å²) < 4.78 is 5.66. The molecule has 2 N–H and O–H groups in total. The Morgan fingerprint density at radius 1 is 1.19 bits per heavy atom. The molecule has 6 nitrogen and oxygen atoms in total. The van der Waals surface area contributed by atoms with Gasteiger partial charge in [0, 0.05) is 29.9 Å². The van der Waals surface area contributed by atoms with Crippen LogP contribution in [0.25, 0.3) is 21.9 Å². The zero-order valence-electron chi connectivity index (χ0n) is 11.0. The number of benzene rings is 2. The zero-order valence-corrected chi connectivity index (χ0v) is 11.0. The molecule has 0 spiro atoms. The van der Waals surface area contributed by atoms with E-state index in [1.165, 1.54) is 12.1 Å². The Morgan fingerprint density at radius 2 is 1.95 bits per heavy atom. The van der Waals surface area contributed by atoms with Gasteiger partial charge in [-0.3, -0.25) is 10.1 Å². The number of nitro groups is 1. The minimum Gasteiger partial charge on any atom is -0.456 e. The van der Waals surface area contributed by atoms with E-state index in [0.29, 0.717) is 21.9 Å². The molecule has 0 aliphatic rings. The maximum absolute atomic E-state index is 11.2. The number of nitrogens with zero attached hydrogens (tertiary/aromatic N) is 1. The molecule has 0 amide bonds. The molecular formula is C15H13NO5. The summed E-state index contributed by atoms with van der Waals surface area (Å²) in [5.41, 5.74) is 1.10. The predicted molar refractivity (Wildman–Crippen MR) is 77.0 cm³/mol. The van der Waals surface area contributed by atoms with Crippen LogP contribution in [0.3, 0.4) is 0 Å². The average molecular weight is 287 g/mol. The highest BCUT2D eigenvalue weighted by molar-refractivity contribution is 6.08. The van der Waals surface area contributed by atoms with E-state index in [-0.39, 0.29) is 24.3 Å². The van der Waals surface area contributed by atoms with E-state index in [0.717, 1.165) is 0 Å². The van der Waals surface area contributed by atoms with E-state index in [1.807, 2.05) is 6.07 Å². The van der Waals surface area contributed by atoms with Crippen molar-refractivity contribution in [1.29, 1.82) is 0 Å². The van der Waals surface area contributed by atoms with E-state index >= 15 is 0 Å². The number of fused-ring (bicyclic) bond motifs is 3. The van der Waals surface area contributed by atoms with Crippen LogP contribution in [0, 0.1) is 10.1 Å². The molecule has 1 unspecified atom stereocenters. The fourth-order valence-electron chi connectivity index (χ4n) is 2.60. The number of hydrogen-bond donors (Lipinski definition) is 2. The maximum Gasteiger partial charge on any atom is 0.276 e. The summed E-state index contributed by atoms with van der Waals surface area (Å²) in [4.78, 5) is 10.7. The molecule has 0 fully saturated rings. The first-order chi connectivity index (χ1) is 10.1. The summed E-state index contributed by atoms with van der Waals surface area (Å²) in [5, 5.41) is 31.7. The predicted octanol–water partition coefficient (Wildman–Crippen LogP) is 2.91. The first-order valence-electron chi connectivity index (χ1n) is 6.51. The monoisotopic (exact) mass is 287 g/mol. The summed E-state index contributed by atoms with van der Waals surface area (Å²) in [6, 6.07) is 10.0. The fraction of sp³-hybridized carbons (Fsp3) is 0.200. The van der Waals surface area contributed by atoms with E-state index in [1.54, 1.807) is 18.2 Å². The molecule has 0 saturated carbocycles. The van der Waals surface area contributed by atoms with Crippen molar-refractivity contribution in [2.24, 2.45) is 0 Å². The van der Waals surface area contributed by atoms with E-state index in [4.69, 9.17) is 9.52 Å². The molecule has 1 heterocycles. The second-order valence-corrected chi connectivity index (χ2v) is 4.75. The molecule has 2 aromatic carbocycles. The maximum atomic E-state index is 11.2. The van der Waals surface area contributed by atoms with Gasteiger partial charge in [0.25, 0.3) is 5.69 Å². The van der Waals surface area contributed by atoms with Gasteiger partial charge < -0.3 is 14.6 Å². The van der Waals surface area contributed by atoms with Crippen LogP contribution in [0.15, 0.2) is 40.8 Å². The van der Waals surface area contributed by atoms with E-state index < -0.39 is 11.0 Å². The molecule has 1 aromatic heterocycles. The lowest BCUT2D eigenvalue weighted by molar-refractivity contribution is -0.386. The van der Waals surface area contributed by atoms with Crippen molar-refractivity contribution in [2.45, 2.75) is 12.5 Å². The van der Waals surface area contributed by atoms with Gasteiger partial charge in [0.15, 0.2) is 0 Å². The Hall–Kier alpha value is -2.44. The second kappa shape index (κ2) is 5.16. The van der Waals surface area contributed by atoms with Gasteiger partial charge in [0.2, 0.25) is 0 Å². The van der Waals surface area contributed by atoms with Crippen molar-refractivity contribution in [2.75, 3.05) is 6.61 Å². The van der Waals surface area contributed by atoms with Crippen molar-refractivity contribution in [3.63, 3.8) is 0 Å². The summed E-state index contributed by atoms with van der Waals surface area (Å²) in [6.45, 7) is -0.259. The number of aliphatic hydroxyl groups excluding tert-OH is 2. The molecule has 0 radical (unpaired) electrons. The first kappa shape index (κ1) is 13.5. The van der Waals surface area contributed by atoms with Crippen LogP contribution >= 0.6 is 0 Å². The lowest BCUT2D eigenvalue weighted by Crippen LogP contribution is -2.05. The molecule has 0 bridgehead atoms. The molecule has 1 atom stereocenters. The molecule has 0 saturated heterocycles. The van der Waals surface area contributed by atoms with Gasteiger partial charge in [-0.2, -0.15) is 0 Å². The largest absolute Gasteiger partial charge is 0.456 e. The van der Waals surface area contributed by atoms with Crippen LogP contribution in [0.1, 0.15) is 18.1 Å². The number of hydrogen-bond acceptors (Lipinski definition) is 5. The number of para-hydroxylation sites is 1. The minimum atomic E-state index is -1.12. The third-order valence-electron chi connectivity index (χ3n) is 3.49. The average Bonchev–Trinajstić information content (AvgIpc) is 2.84. The smallest absolute Gasteiger partial charge is 0.276 e. The Bertz CT molecular complexity index is 823. The highest BCUT2D eigenvalue weighted by Gasteiger charge is 2.26. The molecule has 3 rings (SSSR count). The number of furan rings is 1. The van der Waals surface area contributed by atoms with Crippen LogP contribution in [-0.2, 0) is 0 Å². The molecule has 6 heteroatoms. The molecule has 21 heavy (non-hydrogen) atoms. The van der Waals surface area contributed by atoms with Gasteiger partial charge in [-0.15, -0.1) is 0 Å². The summed E-state index contributed by atoms with van der Waals surface area (Å²) >= 11 is 0. The third kappa shape index (κ3) is 2.14. The highest BCUT2D eigenvalue weighted by atomic mass is 16.6. The van der Waals surface area contributed by atoms with Crippen LogP contribution in [0.5, 0.6) is 0 Å². The van der Waals surface area contributed by atoms with Crippen molar-refractivity contribution >= 4 is 27.6 Å². The number of nitro benzene ring substituents is 1. The Morgan fingerprint density at radius 3 is 2.67 bits per heavy atom. The van der Waals surface area contributed by atoms with Gasteiger partial charge in [-0.1, -0.05) is 18.2 Å². The van der Waals surface area contributed by atoms with E-state index in [9.17, 15) is 15.2 Å². The Balaban J connectivity index is 2.41. The topological polar surface area (TPSA) is 96.7 Å². The van der Waals surface area contributed by atoms with Crippen LogP contribution in [0.4, 0.5) is 5.69 Å². The van der Waals surface area contributed by atoms with Gasteiger partial charge in [0.1, 0.15) is 11.2 Å². The normalized spacial score (nSPS) is 12.9. The Kier molecular flexibility index (Phi) is 3.32. The van der Waals surface area contributed by atoms with Crippen molar-refractivity contribution in [3.05, 3.63) is 52.1 Å². The summed E-state index contributed by atoms with van der Waals surface area (Å²) in [5.74, 6) is 0. The fourth-order valence-corrected chi connectivity index (χ4v) is 2.60. The molecule has 108 valence electrons. The van der Waals surface area contributed by atoms with Crippen molar-refractivity contribution in [3.8, 4) is 0 Å². The van der Waals surface area contributed by atoms with E-state index in [2.05, 4.69) is 0 Å². The van der Waals surface area contributed by atoms with Gasteiger partial charge in [0.05, 0.1) is 16.6 Å². The van der Waals surface area contributed by atoms with Gasteiger partial charge in [-0.25, -0.2) is 0 Å². The van der Waals surface area contributed by atoms with Crippen molar-refractivity contribution < 1.29 is 19.6 Å². The zero-order chi connectivity index (χ0) is 15.0. The van der Waals surface area contributed by atoms with Crippen LogP contribution in [-0.4, -0.2) is 21.7 Å². The van der Waals surface area contributed by atoms with Crippen LogP contribution < -0.4 is 0 Å². The summed E-state index contributed by atoms with van der Waals surface area (Å²) in [6.07, 6.45) is -1.10. The molecule has 0 aliphatic carbocycles. The van der Waals surface area contributed by atoms with Crippen molar-refractivity contribution in [1.82, 2.24) is 0 Å². The van der Waals surface area contributed by atoms with Gasteiger partial charge >= 0.3 is 0 Å². The lowest BCUT2D eigenvalue weighted by Gasteiger charge is -2.11. The van der Waals surface area contributed by atoms with Crippen LogP contribution in [0.2, 0.25) is 0 Å². The second-order valence-electron chi connectivity index (χ2n) is 4.75. The first-order valence-corrected chi connectivity index (χ1v) is 6.51. The highest BCUT2D eigenvalue weighted by Crippen LogP contribution is 2.39. The standard InChI is InChI=1S/C15H13NO5/c17-8-7-11(18)15-10(16(19)20)5-6-13-14(15)9-3-1-2-4-12(9)21-13/h1-6,11,17-18H,7-8H2.